The van der Waals surface area contributed by atoms with E-state index in [9.17, 15) is 4.79 Å². The summed E-state index contributed by atoms with van der Waals surface area (Å²) in [5.74, 6) is 1.84. The smallest absolute Gasteiger partial charge is 0.220 e. The number of amides is 1. The molecular formula is C24H32N2O2S. The summed E-state index contributed by atoms with van der Waals surface area (Å²) in [6.07, 6.45) is 3.53. The molecule has 156 valence electrons. The molecule has 1 spiro atoms. The van der Waals surface area contributed by atoms with Crippen LogP contribution in [0.3, 0.4) is 0 Å². The third-order valence-electron chi connectivity index (χ3n) is 6.20. The molecule has 0 saturated carbocycles. The second kappa shape index (κ2) is 8.88. The van der Waals surface area contributed by atoms with E-state index in [4.69, 9.17) is 4.74 Å². The molecular weight excluding hydrogens is 380 g/mol. The van der Waals surface area contributed by atoms with Crippen LogP contribution in [-0.2, 0) is 11.3 Å². The fraction of sp³-hybridized carbons (Fsp3) is 0.542. The maximum atomic E-state index is 12.6. The summed E-state index contributed by atoms with van der Waals surface area (Å²) in [4.78, 5) is 15.1. The predicted molar refractivity (Wildman–Crippen MR) is 118 cm³/mol. The Labute approximate surface area is 178 Å². The Kier molecular flexibility index (Phi) is 6.26. The highest BCUT2D eigenvalue weighted by Crippen LogP contribution is 2.46. The Hall–Kier alpha value is -1.85. The highest BCUT2D eigenvalue weighted by atomic mass is 32.1. The number of hydrogen-bond donors (Lipinski definition) is 1. The topological polar surface area (TPSA) is 41.6 Å². The number of carbonyl (C=O) groups excluding carboxylic acids is 1. The lowest BCUT2D eigenvalue weighted by atomic mass is 9.76. The number of thiophene rings is 1. The van der Waals surface area contributed by atoms with Gasteiger partial charge in [0.2, 0.25) is 5.91 Å². The Morgan fingerprint density at radius 2 is 2.07 bits per heavy atom. The van der Waals surface area contributed by atoms with Crippen LogP contribution in [0.2, 0.25) is 0 Å². The average molecular weight is 413 g/mol. The van der Waals surface area contributed by atoms with Crippen LogP contribution < -0.4 is 10.1 Å². The molecule has 1 atom stereocenters. The van der Waals surface area contributed by atoms with Gasteiger partial charge in [-0.25, -0.2) is 0 Å². The van der Waals surface area contributed by atoms with Crippen molar-refractivity contribution in [3.8, 4) is 5.75 Å². The van der Waals surface area contributed by atoms with E-state index in [-0.39, 0.29) is 17.4 Å². The van der Waals surface area contributed by atoms with Gasteiger partial charge in [0.1, 0.15) is 11.4 Å². The lowest BCUT2D eigenvalue weighted by Crippen LogP contribution is -2.50. The van der Waals surface area contributed by atoms with Gasteiger partial charge in [0.05, 0.1) is 0 Å². The Morgan fingerprint density at radius 1 is 1.28 bits per heavy atom. The summed E-state index contributed by atoms with van der Waals surface area (Å²) in [5.41, 5.74) is 2.46. The van der Waals surface area contributed by atoms with Crippen LogP contribution >= 0.6 is 11.3 Å². The van der Waals surface area contributed by atoms with Crippen molar-refractivity contribution < 1.29 is 9.53 Å². The zero-order valence-corrected chi connectivity index (χ0v) is 18.3. The van der Waals surface area contributed by atoms with Crippen molar-refractivity contribution in [1.82, 2.24) is 10.2 Å². The second-order valence-electron chi connectivity index (χ2n) is 9.03. The minimum Gasteiger partial charge on any atom is -0.487 e. The standard InChI is InChI=1S/C24H32N2O2S/c1-18(2)15-25-23(27)13-20-14-24(28-22-6-4-3-5-21(20)22)8-10-26(11-9-24)16-19-7-12-29-17-19/h3-7,12,17-18,20H,8-11,13-16H2,1-2H3,(H,25,27)/t20-/m0/s1. The van der Waals surface area contributed by atoms with Crippen LogP contribution in [0, 0.1) is 5.92 Å². The predicted octanol–water partition coefficient (Wildman–Crippen LogP) is 4.81. The Balaban J connectivity index is 1.43. The zero-order valence-electron chi connectivity index (χ0n) is 17.5. The zero-order chi connectivity index (χ0) is 20.3. The molecule has 4 rings (SSSR count). The lowest BCUT2D eigenvalue weighted by molar-refractivity contribution is -0.122. The number of hydrogen-bond acceptors (Lipinski definition) is 4. The monoisotopic (exact) mass is 412 g/mol. The molecule has 5 heteroatoms. The van der Waals surface area contributed by atoms with Crippen molar-refractivity contribution in [3.05, 3.63) is 52.2 Å². The summed E-state index contributed by atoms with van der Waals surface area (Å²) in [6, 6.07) is 10.5. The molecule has 3 heterocycles. The minimum atomic E-state index is -0.136. The molecule has 1 aromatic carbocycles. The highest BCUT2D eigenvalue weighted by molar-refractivity contribution is 7.07. The van der Waals surface area contributed by atoms with Crippen LogP contribution in [0.4, 0.5) is 0 Å². The molecule has 0 radical (unpaired) electrons. The molecule has 1 aromatic heterocycles. The van der Waals surface area contributed by atoms with Crippen LogP contribution in [0.1, 0.15) is 56.6 Å². The summed E-state index contributed by atoms with van der Waals surface area (Å²) >= 11 is 1.76. The summed E-state index contributed by atoms with van der Waals surface area (Å²) < 4.78 is 6.60. The summed E-state index contributed by atoms with van der Waals surface area (Å²) in [7, 11) is 0. The third-order valence-corrected chi connectivity index (χ3v) is 6.93. The normalized spacial score (nSPS) is 21.0. The second-order valence-corrected chi connectivity index (χ2v) is 9.81. The van der Waals surface area contributed by atoms with Gasteiger partial charge in [-0.15, -0.1) is 0 Å². The quantitative estimate of drug-likeness (QED) is 0.740. The molecule has 1 amide bonds. The fourth-order valence-corrected chi connectivity index (χ4v) is 5.27. The van der Waals surface area contributed by atoms with Gasteiger partial charge in [-0.2, -0.15) is 11.3 Å². The van der Waals surface area contributed by atoms with Crippen LogP contribution in [-0.4, -0.2) is 36.0 Å². The van der Waals surface area contributed by atoms with E-state index in [1.807, 2.05) is 6.07 Å². The molecule has 4 nitrogen and oxygen atoms in total. The number of piperidine rings is 1. The first-order valence-corrected chi connectivity index (χ1v) is 11.8. The van der Waals surface area contributed by atoms with Gasteiger partial charge in [-0.3, -0.25) is 9.69 Å². The van der Waals surface area contributed by atoms with Crippen molar-refractivity contribution in [2.24, 2.45) is 5.92 Å². The SMILES string of the molecule is CC(C)CNC(=O)C[C@H]1CC2(CCN(Cc3ccsc3)CC2)Oc2ccccc21. The first kappa shape index (κ1) is 20.4. The third kappa shape index (κ3) is 5.01. The molecule has 2 aliphatic heterocycles. The number of ether oxygens (including phenoxy) is 1. The Morgan fingerprint density at radius 3 is 2.79 bits per heavy atom. The van der Waals surface area contributed by atoms with Crippen LogP contribution in [0.5, 0.6) is 5.75 Å². The van der Waals surface area contributed by atoms with Gasteiger partial charge in [-0.05, 0) is 59.2 Å². The number of fused-ring (bicyclic) bond motifs is 1. The van der Waals surface area contributed by atoms with E-state index in [0.29, 0.717) is 12.3 Å². The molecule has 2 aromatic rings. The van der Waals surface area contributed by atoms with Crippen molar-refractivity contribution in [2.45, 2.75) is 57.6 Å². The first-order chi connectivity index (χ1) is 14.0. The van der Waals surface area contributed by atoms with Crippen molar-refractivity contribution in [2.75, 3.05) is 19.6 Å². The van der Waals surface area contributed by atoms with E-state index < -0.39 is 0 Å². The number of benzene rings is 1. The first-order valence-electron chi connectivity index (χ1n) is 10.8. The van der Waals surface area contributed by atoms with Crippen molar-refractivity contribution in [3.63, 3.8) is 0 Å². The molecule has 1 saturated heterocycles. The van der Waals surface area contributed by atoms with Gasteiger partial charge in [0, 0.05) is 38.5 Å². The van der Waals surface area contributed by atoms with Gasteiger partial charge in [0.25, 0.3) is 0 Å². The maximum absolute atomic E-state index is 12.6. The van der Waals surface area contributed by atoms with E-state index in [0.717, 1.165) is 51.2 Å². The minimum absolute atomic E-state index is 0.136. The van der Waals surface area contributed by atoms with E-state index in [1.54, 1.807) is 11.3 Å². The maximum Gasteiger partial charge on any atom is 0.220 e. The largest absolute Gasteiger partial charge is 0.487 e. The van der Waals surface area contributed by atoms with Crippen molar-refractivity contribution in [1.29, 1.82) is 0 Å². The molecule has 0 bridgehead atoms. The molecule has 1 N–H and O–H groups in total. The van der Waals surface area contributed by atoms with E-state index >= 15 is 0 Å². The van der Waals surface area contributed by atoms with E-state index in [1.165, 1.54) is 11.1 Å². The van der Waals surface area contributed by atoms with Crippen LogP contribution in [0.25, 0.3) is 0 Å². The molecule has 29 heavy (non-hydrogen) atoms. The molecule has 1 fully saturated rings. The summed E-state index contributed by atoms with van der Waals surface area (Å²) in [5, 5.41) is 7.49. The number of likely N-dealkylation sites (tertiary alicyclic amines) is 1. The Bertz CT molecular complexity index is 810. The molecule has 2 aliphatic rings. The molecule has 0 aliphatic carbocycles. The fourth-order valence-electron chi connectivity index (χ4n) is 4.61. The van der Waals surface area contributed by atoms with Crippen molar-refractivity contribution >= 4 is 17.2 Å². The lowest BCUT2D eigenvalue weighted by Gasteiger charge is -2.47. The van der Waals surface area contributed by atoms with Gasteiger partial charge >= 0.3 is 0 Å². The van der Waals surface area contributed by atoms with Crippen LogP contribution in [0.15, 0.2) is 41.1 Å². The average Bonchev–Trinajstić information content (AvgIpc) is 3.21. The number of para-hydroxylation sites is 1. The number of nitrogens with one attached hydrogen (secondary N) is 1. The molecule has 0 unspecified atom stereocenters. The van der Waals surface area contributed by atoms with Gasteiger partial charge in [0.15, 0.2) is 0 Å². The number of rotatable bonds is 6. The number of carbonyl (C=O) groups is 1. The van der Waals surface area contributed by atoms with Gasteiger partial charge < -0.3 is 10.1 Å². The van der Waals surface area contributed by atoms with E-state index in [2.05, 4.69) is 59.1 Å². The van der Waals surface area contributed by atoms with Gasteiger partial charge in [-0.1, -0.05) is 32.0 Å². The summed E-state index contributed by atoms with van der Waals surface area (Å²) in [6.45, 7) is 8.12. The highest BCUT2D eigenvalue weighted by Gasteiger charge is 2.43. The number of nitrogens with zero attached hydrogens (tertiary/aromatic N) is 1.